The molecule has 2 atom stereocenters. The largest absolute Gasteiger partial charge is 0.389 e. The summed E-state index contributed by atoms with van der Waals surface area (Å²) in [6.07, 6.45) is 13.2. The van der Waals surface area contributed by atoms with Crippen molar-refractivity contribution in [3.63, 3.8) is 0 Å². The average Bonchev–Trinajstić information content (AvgIpc) is 2.55. The smallest absolute Gasteiger partial charge is 0.157 e. The summed E-state index contributed by atoms with van der Waals surface area (Å²) >= 11 is 0. The highest BCUT2D eigenvalue weighted by atomic mass is 16.7. The van der Waals surface area contributed by atoms with Gasteiger partial charge in [-0.3, -0.25) is 0 Å². The molecule has 3 nitrogen and oxygen atoms in total. The van der Waals surface area contributed by atoms with E-state index >= 15 is 0 Å². The van der Waals surface area contributed by atoms with E-state index in [-0.39, 0.29) is 12.4 Å². The molecule has 1 saturated heterocycles. The Morgan fingerprint density at radius 1 is 1.12 bits per heavy atom. The van der Waals surface area contributed by atoms with Crippen molar-refractivity contribution < 1.29 is 14.6 Å². The number of allylic oxidation sites excluding steroid dienone is 4. The maximum atomic E-state index is 10.1. The molecule has 0 radical (unpaired) electrons. The fourth-order valence-corrected chi connectivity index (χ4v) is 2.66. The van der Waals surface area contributed by atoms with Crippen molar-refractivity contribution in [2.24, 2.45) is 0 Å². The predicted octanol–water partition coefficient (Wildman–Crippen LogP) is 5.31. The number of ether oxygens (including phenoxy) is 2. The minimum absolute atomic E-state index is 0.0131. The second kappa shape index (κ2) is 12.5. The molecule has 0 aliphatic carbocycles. The number of aliphatic hydroxyl groups excluding tert-OH is 1. The molecule has 1 rings (SSSR count). The minimum atomic E-state index is -0.323. The maximum absolute atomic E-state index is 10.1. The third kappa shape index (κ3) is 10.1. The quantitative estimate of drug-likeness (QED) is 0.549. The second-order valence-corrected chi connectivity index (χ2v) is 7.04. The van der Waals surface area contributed by atoms with E-state index in [4.69, 9.17) is 9.47 Å². The first kappa shape index (κ1) is 21.1. The lowest BCUT2D eigenvalue weighted by molar-refractivity contribution is -0.155. The van der Waals surface area contributed by atoms with E-state index in [0.717, 1.165) is 50.7 Å². The minimum Gasteiger partial charge on any atom is -0.389 e. The van der Waals surface area contributed by atoms with Crippen LogP contribution >= 0.6 is 0 Å². The average molecular weight is 337 g/mol. The number of hydrogen-bond acceptors (Lipinski definition) is 3. The normalized spacial score (nSPS) is 20.8. The first-order valence-corrected chi connectivity index (χ1v) is 9.36. The summed E-state index contributed by atoms with van der Waals surface area (Å²) < 4.78 is 11.3. The molecule has 24 heavy (non-hydrogen) atoms. The Hall–Kier alpha value is -0.900. The zero-order chi connectivity index (χ0) is 17.8. The van der Waals surface area contributed by atoms with Gasteiger partial charge in [-0.15, -0.1) is 0 Å². The van der Waals surface area contributed by atoms with Crippen LogP contribution in [0, 0.1) is 0 Å². The molecule has 2 unspecified atom stereocenters. The van der Waals surface area contributed by atoms with Crippen LogP contribution in [0.2, 0.25) is 0 Å². The summed E-state index contributed by atoms with van der Waals surface area (Å²) in [5, 5.41) is 10.1. The van der Waals surface area contributed by atoms with Gasteiger partial charge < -0.3 is 14.6 Å². The Labute approximate surface area is 148 Å². The third-order valence-electron chi connectivity index (χ3n) is 4.38. The molecule has 0 amide bonds. The van der Waals surface area contributed by atoms with Crippen LogP contribution in [0.3, 0.4) is 0 Å². The Morgan fingerprint density at radius 2 is 1.92 bits per heavy atom. The predicted molar refractivity (Wildman–Crippen MR) is 101 cm³/mol. The van der Waals surface area contributed by atoms with Gasteiger partial charge in [0.15, 0.2) is 6.29 Å². The maximum Gasteiger partial charge on any atom is 0.157 e. The van der Waals surface area contributed by atoms with Crippen molar-refractivity contribution in [1.29, 1.82) is 0 Å². The van der Waals surface area contributed by atoms with Crippen LogP contribution in [0.5, 0.6) is 0 Å². The van der Waals surface area contributed by atoms with Crippen molar-refractivity contribution in [1.82, 2.24) is 0 Å². The van der Waals surface area contributed by atoms with Gasteiger partial charge in [0.05, 0.1) is 12.7 Å². The van der Waals surface area contributed by atoms with E-state index in [1.165, 1.54) is 17.6 Å². The van der Waals surface area contributed by atoms with Gasteiger partial charge >= 0.3 is 0 Å². The van der Waals surface area contributed by atoms with Crippen molar-refractivity contribution >= 4 is 0 Å². The highest BCUT2D eigenvalue weighted by molar-refractivity contribution is 5.08. The van der Waals surface area contributed by atoms with Gasteiger partial charge in [0, 0.05) is 6.61 Å². The SMILES string of the molecule is CC(C)=CCCC(O)C(C)=CCCC(C)=CCOC1CCCCO1. The van der Waals surface area contributed by atoms with Gasteiger partial charge in [0.25, 0.3) is 0 Å². The summed E-state index contributed by atoms with van der Waals surface area (Å²) in [5.74, 6) is 0. The Morgan fingerprint density at radius 3 is 2.58 bits per heavy atom. The van der Waals surface area contributed by atoms with E-state index in [1.54, 1.807) is 0 Å². The van der Waals surface area contributed by atoms with E-state index in [2.05, 4.69) is 39.0 Å². The summed E-state index contributed by atoms with van der Waals surface area (Å²) in [5.41, 5.74) is 3.72. The van der Waals surface area contributed by atoms with E-state index < -0.39 is 0 Å². The molecular weight excluding hydrogens is 300 g/mol. The molecule has 3 heteroatoms. The molecule has 138 valence electrons. The molecular formula is C21H36O3. The Balaban J connectivity index is 2.20. The lowest BCUT2D eigenvalue weighted by atomic mass is 10.0. The molecule has 0 bridgehead atoms. The molecule has 0 spiro atoms. The fraction of sp³-hybridized carbons (Fsp3) is 0.714. The first-order chi connectivity index (χ1) is 11.5. The van der Waals surface area contributed by atoms with Crippen LogP contribution in [0.4, 0.5) is 0 Å². The highest BCUT2D eigenvalue weighted by Crippen LogP contribution is 2.15. The number of hydrogen-bond donors (Lipinski definition) is 1. The van der Waals surface area contributed by atoms with Crippen LogP contribution in [0.1, 0.15) is 72.6 Å². The van der Waals surface area contributed by atoms with Crippen LogP contribution in [0.15, 0.2) is 34.9 Å². The van der Waals surface area contributed by atoms with Gasteiger partial charge in [-0.05, 0) is 78.2 Å². The lowest BCUT2D eigenvalue weighted by Crippen LogP contribution is -2.22. The van der Waals surface area contributed by atoms with Crippen molar-refractivity contribution in [3.8, 4) is 0 Å². The van der Waals surface area contributed by atoms with Crippen molar-refractivity contribution in [3.05, 3.63) is 34.9 Å². The monoisotopic (exact) mass is 336 g/mol. The van der Waals surface area contributed by atoms with Crippen molar-refractivity contribution in [2.45, 2.75) is 85.0 Å². The number of aliphatic hydroxyl groups is 1. The summed E-state index contributed by atoms with van der Waals surface area (Å²) in [6, 6.07) is 0. The van der Waals surface area contributed by atoms with Crippen LogP contribution in [0.25, 0.3) is 0 Å². The van der Waals surface area contributed by atoms with Crippen LogP contribution in [-0.2, 0) is 9.47 Å². The van der Waals surface area contributed by atoms with Gasteiger partial charge in [0.1, 0.15) is 0 Å². The summed E-state index contributed by atoms with van der Waals surface area (Å²) in [4.78, 5) is 0. The van der Waals surface area contributed by atoms with Crippen LogP contribution < -0.4 is 0 Å². The Kier molecular flexibility index (Phi) is 11.0. The summed E-state index contributed by atoms with van der Waals surface area (Å²) in [7, 11) is 0. The molecule has 1 aliphatic rings. The lowest BCUT2D eigenvalue weighted by Gasteiger charge is -2.22. The molecule has 1 aliphatic heterocycles. The topological polar surface area (TPSA) is 38.7 Å². The van der Waals surface area contributed by atoms with Crippen LogP contribution in [-0.4, -0.2) is 30.7 Å². The molecule has 0 saturated carbocycles. The van der Waals surface area contributed by atoms with Crippen molar-refractivity contribution in [2.75, 3.05) is 13.2 Å². The van der Waals surface area contributed by atoms with Gasteiger partial charge in [0.2, 0.25) is 0 Å². The van der Waals surface area contributed by atoms with E-state index in [0.29, 0.717) is 6.61 Å². The fourth-order valence-electron chi connectivity index (χ4n) is 2.66. The molecule has 1 fully saturated rings. The standard InChI is InChI=1S/C21H36O3/c1-17(2)9-7-12-20(22)19(4)11-8-10-18(3)14-16-24-21-13-5-6-15-23-21/h9,11,14,20-22H,5-8,10,12-13,15-16H2,1-4H3. The summed E-state index contributed by atoms with van der Waals surface area (Å²) in [6.45, 7) is 9.80. The molecule has 0 aromatic carbocycles. The highest BCUT2D eigenvalue weighted by Gasteiger charge is 2.12. The van der Waals surface area contributed by atoms with E-state index in [1.807, 2.05) is 6.92 Å². The first-order valence-electron chi connectivity index (χ1n) is 9.36. The number of rotatable bonds is 10. The van der Waals surface area contributed by atoms with Gasteiger partial charge in [-0.25, -0.2) is 0 Å². The molecule has 0 aromatic rings. The zero-order valence-electron chi connectivity index (χ0n) is 16.0. The zero-order valence-corrected chi connectivity index (χ0v) is 16.0. The Bertz CT molecular complexity index is 424. The molecule has 1 heterocycles. The van der Waals surface area contributed by atoms with E-state index in [9.17, 15) is 5.11 Å². The molecule has 0 aromatic heterocycles. The molecule has 1 N–H and O–H groups in total. The van der Waals surface area contributed by atoms with Gasteiger partial charge in [-0.1, -0.05) is 29.4 Å². The second-order valence-electron chi connectivity index (χ2n) is 7.04. The van der Waals surface area contributed by atoms with Gasteiger partial charge in [-0.2, -0.15) is 0 Å². The third-order valence-corrected chi connectivity index (χ3v) is 4.38.